The first-order valence-corrected chi connectivity index (χ1v) is 11.1. The molecular weight excluding hydrogens is 402 g/mol. The van der Waals surface area contributed by atoms with Crippen molar-refractivity contribution in [1.29, 1.82) is 0 Å². The Balaban J connectivity index is 0.00000256. The van der Waals surface area contributed by atoms with Gasteiger partial charge in [-0.05, 0) is 81.2 Å². The van der Waals surface area contributed by atoms with Crippen molar-refractivity contribution in [2.24, 2.45) is 5.92 Å². The molecule has 1 aromatic rings. The van der Waals surface area contributed by atoms with Crippen molar-refractivity contribution in [3.8, 4) is 0 Å². The van der Waals surface area contributed by atoms with Gasteiger partial charge in [-0.1, -0.05) is 6.07 Å². The van der Waals surface area contributed by atoms with Crippen molar-refractivity contribution in [2.45, 2.75) is 57.4 Å². The number of carbonyl (C=O) groups excluding carboxylic acids is 1. The van der Waals surface area contributed by atoms with Gasteiger partial charge in [0, 0.05) is 44.3 Å². The molecule has 166 valence electrons. The van der Waals surface area contributed by atoms with Gasteiger partial charge in [0.1, 0.15) is 0 Å². The summed E-state index contributed by atoms with van der Waals surface area (Å²) in [6, 6.07) is 7.02. The number of halogens is 1. The van der Waals surface area contributed by atoms with E-state index in [0.717, 1.165) is 76.8 Å². The molecule has 0 aromatic heterocycles. The number of aliphatic carboxylic acids is 1. The molecule has 0 unspecified atom stereocenters. The van der Waals surface area contributed by atoms with Crippen LogP contribution in [0.1, 0.15) is 49.7 Å². The Morgan fingerprint density at radius 3 is 2.43 bits per heavy atom. The number of fused-ring (bicyclic) bond motifs is 1. The topological polar surface area (TPSA) is 64.1 Å². The fourth-order valence-corrected chi connectivity index (χ4v) is 5.20. The fourth-order valence-electron chi connectivity index (χ4n) is 5.20. The predicted octanol–water partition coefficient (Wildman–Crippen LogP) is 3.80. The minimum Gasteiger partial charge on any atom is -0.481 e. The van der Waals surface area contributed by atoms with Crippen molar-refractivity contribution in [3.63, 3.8) is 0 Å². The van der Waals surface area contributed by atoms with Crippen LogP contribution in [0.15, 0.2) is 18.2 Å². The molecule has 0 atom stereocenters. The van der Waals surface area contributed by atoms with Crippen LogP contribution < -0.4 is 4.90 Å². The van der Waals surface area contributed by atoms with Crippen molar-refractivity contribution in [3.05, 3.63) is 29.3 Å². The van der Waals surface area contributed by atoms with Gasteiger partial charge >= 0.3 is 12.0 Å². The van der Waals surface area contributed by atoms with E-state index in [2.05, 4.69) is 35.0 Å². The van der Waals surface area contributed by atoms with Crippen LogP contribution in [0, 0.1) is 5.92 Å². The zero-order valence-electron chi connectivity index (χ0n) is 17.9. The van der Waals surface area contributed by atoms with E-state index in [-0.39, 0.29) is 24.9 Å². The largest absolute Gasteiger partial charge is 0.481 e. The summed E-state index contributed by atoms with van der Waals surface area (Å²) in [5.74, 6) is -0.205. The summed E-state index contributed by atoms with van der Waals surface area (Å²) in [6.07, 6.45) is 7.23. The molecule has 1 saturated carbocycles. The van der Waals surface area contributed by atoms with Gasteiger partial charge in [0.2, 0.25) is 0 Å². The van der Waals surface area contributed by atoms with Crippen molar-refractivity contribution in [1.82, 2.24) is 9.80 Å². The molecule has 1 aliphatic carbocycles. The maximum absolute atomic E-state index is 13.2. The molecule has 2 fully saturated rings. The predicted molar refractivity (Wildman–Crippen MR) is 121 cm³/mol. The molecule has 2 heterocycles. The highest BCUT2D eigenvalue weighted by Crippen LogP contribution is 2.33. The number of carboxylic acid groups (broad SMARTS) is 1. The number of hydrogen-bond donors (Lipinski definition) is 1. The molecule has 0 bridgehead atoms. The lowest BCUT2D eigenvalue weighted by atomic mass is 9.83. The molecule has 2 amide bonds. The van der Waals surface area contributed by atoms with Gasteiger partial charge in [-0.3, -0.25) is 9.69 Å². The van der Waals surface area contributed by atoms with Crippen LogP contribution in [-0.2, 0) is 17.6 Å². The van der Waals surface area contributed by atoms with E-state index < -0.39 is 5.97 Å². The average molecular weight is 436 g/mol. The molecule has 1 saturated heterocycles. The Labute approximate surface area is 185 Å². The first kappa shape index (κ1) is 22.9. The second-order valence-electron chi connectivity index (χ2n) is 8.99. The minimum absolute atomic E-state index is 0. The number of urea groups is 1. The maximum atomic E-state index is 13.2. The summed E-state index contributed by atoms with van der Waals surface area (Å²) in [4.78, 5) is 30.3. The summed E-state index contributed by atoms with van der Waals surface area (Å²) in [7, 11) is 2.17. The van der Waals surface area contributed by atoms with E-state index in [4.69, 9.17) is 5.11 Å². The van der Waals surface area contributed by atoms with E-state index in [1.165, 1.54) is 11.1 Å². The number of nitrogens with zero attached hydrogens (tertiary/aromatic N) is 3. The Morgan fingerprint density at radius 2 is 1.73 bits per heavy atom. The molecule has 3 aliphatic rings. The van der Waals surface area contributed by atoms with Crippen LogP contribution in [0.3, 0.4) is 0 Å². The Bertz CT molecular complexity index is 764. The molecule has 4 rings (SSSR count). The fraction of sp³-hybridized carbons (Fsp3) is 0.652. The zero-order chi connectivity index (χ0) is 20.4. The lowest BCUT2D eigenvalue weighted by molar-refractivity contribution is -0.137. The Morgan fingerprint density at radius 1 is 1.03 bits per heavy atom. The molecule has 7 heteroatoms. The normalized spacial score (nSPS) is 24.9. The van der Waals surface area contributed by atoms with E-state index in [9.17, 15) is 9.59 Å². The third kappa shape index (κ3) is 5.09. The average Bonchev–Trinajstić information content (AvgIpc) is 3.00. The van der Waals surface area contributed by atoms with Crippen molar-refractivity contribution in [2.75, 3.05) is 38.1 Å². The van der Waals surface area contributed by atoms with Crippen LogP contribution in [0.4, 0.5) is 10.5 Å². The smallest absolute Gasteiger partial charge is 0.324 e. The van der Waals surface area contributed by atoms with Crippen molar-refractivity contribution >= 4 is 30.1 Å². The third-order valence-corrected chi connectivity index (χ3v) is 7.09. The van der Waals surface area contributed by atoms with Gasteiger partial charge in [0.15, 0.2) is 0 Å². The number of carboxylic acids is 1. The van der Waals surface area contributed by atoms with Gasteiger partial charge in [0.05, 0.1) is 0 Å². The highest BCUT2D eigenvalue weighted by Gasteiger charge is 2.36. The van der Waals surface area contributed by atoms with E-state index in [1.807, 2.05) is 4.90 Å². The second-order valence-corrected chi connectivity index (χ2v) is 8.99. The highest BCUT2D eigenvalue weighted by atomic mass is 35.5. The van der Waals surface area contributed by atoms with E-state index in [1.54, 1.807) is 0 Å². The molecule has 30 heavy (non-hydrogen) atoms. The summed E-state index contributed by atoms with van der Waals surface area (Å²) in [5.41, 5.74) is 3.84. The zero-order valence-corrected chi connectivity index (χ0v) is 18.7. The SMILES string of the molecule is CN1CCc2ccc(N3CCN(C4CCC(CCC(=O)O)CC4)C3=O)cc2CC1.Cl. The lowest BCUT2D eigenvalue weighted by Crippen LogP contribution is -2.41. The van der Waals surface area contributed by atoms with Crippen LogP contribution in [0.25, 0.3) is 0 Å². The third-order valence-electron chi connectivity index (χ3n) is 7.09. The first-order valence-electron chi connectivity index (χ1n) is 11.1. The molecule has 1 aromatic carbocycles. The Kier molecular flexibility index (Phi) is 7.64. The van der Waals surface area contributed by atoms with Crippen LogP contribution >= 0.6 is 12.4 Å². The van der Waals surface area contributed by atoms with Crippen molar-refractivity contribution < 1.29 is 14.7 Å². The van der Waals surface area contributed by atoms with Gasteiger partial charge in [-0.2, -0.15) is 0 Å². The van der Waals surface area contributed by atoms with Crippen LogP contribution in [0.2, 0.25) is 0 Å². The van der Waals surface area contributed by atoms with Gasteiger partial charge in [-0.25, -0.2) is 4.79 Å². The number of amides is 2. The first-order chi connectivity index (χ1) is 14.0. The summed E-state index contributed by atoms with van der Waals surface area (Å²) >= 11 is 0. The monoisotopic (exact) mass is 435 g/mol. The summed E-state index contributed by atoms with van der Waals surface area (Å²) in [5, 5.41) is 8.88. The molecule has 6 nitrogen and oxygen atoms in total. The van der Waals surface area contributed by atoms with E-state index in [0.29, 0.717) is 12.0 Å². The standard InChI is InChI=1S/C23H33N3O3.ClH/c1-24-12-10-18-5-8-21(16-19(18)11-13-24)26-15-14-25(23(26)29)20-6-2-17(3-7-20)4-9-22(27)28;/h5,8,16-17,20H,2-4,6-7,9-15H2,1H3,(H,27,28);1H. The maximum Gasteiger partial charge on any atom is 0.324 e. The minimum atomic E-state index is -0.704. The lowest BCUT2D eigenvalue weighted by Gasteiger charge is -2.34. The molecule has 2 aliphatic heterocycles. The number of likely N-dealkylation sites (N-methyl/N-ethyl adjacent to an activating group) is 1. The van der Waals surface area contributed by atoms with Crippen LogP contribution in [0.5, 0.6) is 0 Å². The van der Waals surface area contributed by atoms with Gasteiger partial charge < -0.3 is 14.9 Å². The molecule has 0 radical (unpaired) electrons. The highest BCUT2D eigenvalue weighted by molar-refractivity contribution is 5.94. The summed E-state index contributed by atoms with van der Waals surface area (Å²) < 4.78 is 0. The molecular formula is C23H34ClN3O3. The molecule has 0 spiro atoms. The number of rotatable bonds is 5. The number of benzene rings is 1. The Hall–Kier alpha value is -1.79. The van der Waals surface area contributed by atoms with E-state index >= 15 is 0 Å². The quantitative estimate of drug-likeness (QED) is 0.763. The van der Waals surface area contributed by atoms with Gasteiger partial charge in [0.25, 0.3) is 0 Å². The number of anilines is 1. The van der Waals surface area contributed by atoms with Crippen LogP contribution in [-0.4, -0.2) is 66.2 Å². The second kappa shape index (κ2) is 10.0. The van der Waals surface area contributed by atoms with Gasteiger partial charge in [-0.15, -0.1) is 12.4 Å². The number of hydrogen-bond acceptors (Lipinski definition) is 3. The number of carbonyl (C=O) groups is 2. The molecule has 1 N–H and O–H groups in total. The summed E-state index contributed by atoms with van der Waals surface area (Å²) in [6.45, 7) is 3.72.